The third-order valence-electron chi connectivity index (χ3n) is 3.83. The van der Waals surface area contributed by atoms with E-state index in [1.54, 1.807) is 18.2 Å². The van der Waals surface area contributed by atoms with E-state index >= 15 is 0 Å². The summed E-state index contributed by atoms with van der Waals surface area (Å²) in [4.78, 5) is 7.63. The number of aromatic nitrogens is 2. The molecule has 2 N–H and O–H groups in total. The highest BCUT2D eigenvalue weighted by atomic mass is 16.5. The highest BCUT2D eigenvalue weighted by Gasteiger charge is 2.13. The highest BCUT2D eigenvalue weighted by Crippen LogP contribution is 2.38. The van der Waals surface area contributed by atoms with Gasteiger partial charge in [-0.05, 0) is 48.4 Å². The average molecular weight is 335 g/mol. The molecule has 3 aromatic rings. The van der Waals surface area contributed by atoms with Crippen molar-refractivity contribution in [1.82, 2.24) is 9.97 Å². The number of imidazole rings is 1. The summed E-state index contributed by atoms with van der Waals surface area (Å²) in [5.41, 5.74) is 3.79. The van der Waals surface area contributed by atoms with Gasteiger partial charge in [-0.15, -0.1) is 0 Å². The molecule has 0 amide bonds. The van der Waals surface area contributed by atoms with E-state index in [4.69, 9.17) is 9.47 Å². The molecule has 0 bridgehead atoms. The van der Waals surface area contributed by atoms with Crippen LogP contribution in [-0.4, -0.2) is 29.3 Å². The molecule has 126 valence electrons. The summed E-state index contributed by atoms with van der Waals surface area (Å²) in [6.07, 6.45) is 1.66. The number of hydrogen-bond donors (Lipinski definition) is 2. The van der Waals surface area contributed by atoms with Crippen LogP contribution in [0.4, 0.5) is 0 Å². The van der Waals surface area contributed by atoms with E-state index in [1.807, 2.05) is 25.1 Å². The van der Waals surface area contributed by atoms with Crippen molar-refractivity contribution in [3.63, 3.8) is 0 Å². The van der Waals surface area contributed by atoms with Gasteiger partial charge in [0.2, 0.25) is 5.75 Å². The molecule has 0 spiro atoms. The summed E-state index contributed by atoms with van der Waals surface area (Å²) in [7, 11) is 2.91. The molecule has 0 atom stereocenters. The number of methoxy groups -OCH3 is 2. The lowest BCUT2D eigenvalue weighted by atomic mass is 10.1. The average Bonchev–Trinajstić information content (AvgIpc) is 3.03. The normalized spacial score (nSPS) is 11.4. The number of phenols is 1. The number of phenolic OH excluding ortho intramolecular Hbond substituents is 1. The second-order valence-electron chi connectivity index (χ2n) is 5.55. The summed E-state index contributed by atoms with van der Waals surface area (Å²) in [5, 5.41) is 19.5. The molecule has 0 aliphatic carbocycles. The maximum absolute atomic E-state index is 9.99. The van der Waals surface area contributed by atoms with Crippen LogP contribution in [0.25, 0.3) is 22.7 Å². The Morgan fingerprint density at radius 2 is 1.88 bits per heavy atom. The van der Waals surface area contributed by atoms with Crippen LogP contribution in [0.2, 0.25) is 0 Å². The van der Waals surface area contributed by atoms with E-state index < -0.39 is 0 Å². The number of rotatable bonds is 4. The Balaban J connectivity index is 2.09. The van der Waals surface area contributed by atoms with E-state index in [0.717, 1.165) is 16.6 Å². The lowest BCUT2D eigenvalue weighted by molar-refractivity contribution is 0.340. The van der Waals surface area contributed by atoms with Gasteiger partial charge in [0, 0.05) is 0 Å². The molecular formula is C19H17N3O3. The number of hydrogen-bond acceptors (Lipinski definition) is 5. The Hall–Kier alpha value is -3.46. The number of H-pyrrole nitrogens is 1. The van der Waals surface area contributed by atoms with Crippen LogP contribution >= 0.6 is 0 Å². The second kappa shape index (κ2) is 6.57. The number of nitriles is 1. The smallest absolute Gasteiger partial charge is 0.200 e. The predicted octanol–water partition coefficient (Wildman–Crippen LogP) is 3.66. The number of aromatic hydroxyl groups is 1. The number of benzene rings is 2. The minimum absolute atomic E-state index is 0.0835. The van der Waals surface area contributed by atoms with Crippen LogP contribution < -0.4 is 9.47 Å². The molecule has 1 aromatic heterocycles. The molecule has 6 nitrogen and oxygen atoms in total. The van der Waals surface area contributed by atoms with E-state index in [-0.39, 0.29) is 17.2 Å². The van der Waals surface area contributed by atoms with Crippen molar-refractivity contribution in [2.75, 3.05) is 14.2 Å². The Morgan fingerprint density at radius 3 is 2.48 bits per heavy atom. The maximum Gasteiger partial charge on any atom is 0.200 e. The SMILES string of the molecule is COc1cc(C=C(C#N)c2nc3ccc(C)cc3[nH]2)cc(OC)c1O. The molecule has 0 saturated heterocycles. The van der Waals surface area contributed by atoms with Gasteiger partial charge in [0.15, 0.2) is 11.5 Å². The molecule has 0 radical (unpaired) electrons. The van der Waals surface area contributed by atoms with Crippen molar-refractivity contribution in [3.05, 3.63) is 47.3 Å². The monoisotopic (exact) mass is 335 g/mol. The molecule has 25 heavy (non-hydrogen) atoms. The quantitative estimate of drug-likeness (QED) is 0.710. The first-order valence-electron chi connectivity index (χ1n) is 7.59. The second-order valence-corrected chi connectivity index (χ2v) is 5.55. The van der Waals surface area contributed by atoms with Gasteiger partial charge in [0.1, 0.15) is 11.9 Å². The lowest BCUT2D eigenvalue weighted by Gasteiger charge is -2.09. The van der Waals surface area contributed by atoms with Gasteiger partial charge < -0.3 is 19.6 Å². The summed E-state index contributed by atoms with van der Waals surface area (Å²) >= 11 is 0. The number of nitrogens with one attached hydrogen (secondary N) is 1. The van der Waals surface area contributed by atoms with Gasteiger partial charge >= 0.3 is 0 Å². The van der Waals surface area contributed by atoms with Gasteiger partial charge in [0.05, 0.1) is 30.8 Å². The van der Waals surface area contributed by atoms with E-state index in [9.17, 15) is 10.4 Å². The zero-order chi connectivity index (χ0) is 18.0. The van der Waals surface area contributed by atoms with Crippen LogP contribution in [0, 0.1) is 18.3 Å². The molecule has 0 fully saturated rings. The fourth-order valence-corrected chi connectivity index (χ4v) is 2.57. The first-order valence-corrected chi connectivity index (χ1v) is 7.59. The fraction of sp³-hybridized carbons (Fsp3) is 0.158. The molecule has 0 unspecified atom stereocenters. The fourth-order valence-electron chi connectivity index (χ4n) is 2.57. The van der Waals surface area contributed by atoms with Crippen LogP contribution in [0.5, 0.6) is 17.2 Å². The minimum atomic E-state index is -0.0835. The van der Waals surface area contributed by atoms with Gasteiger partial charge in [-0.3, -0.25) is 0 Å². The van der Waals surface area contributed by atoms with E-state index in [2.05, 4.69) is 16.0 Å². The topological polar surface area (TPSA) is 91.2 Å². The third-order valence-corrected chi connectivity index (χ3v) is 3.83. The highest BCUT2D eigenvalue weighted by molar-refractivity contribution is 5.90. The first kappa shape index (κ1) is 16.4. The van der Waals surface area contributed by atoms with Crippen LogP contribution in [0.15, 0.2) is 30.3 Å². The molecule has 6 heteroatoms. The van der Waals surface area contributed by atoms with Crippen LogP contribution in [0.1, 0.15) is 17.0 Å². The molecule has 2 aromatic carbocycles. The Bertz CT molecular complexity index is 987. The van der Waals surface area contributed by atoms with Crippen molar-refractivity contribution < 1.29 is 14.6 Å². The van der Waals surface area contributed by atoms with Crippen LogP contribution in [-0.2, 0) is 0 Å². The minimum Gasteiger partial charge on any atom is -0.502 e. The van der Waals surface area contributed by atoms with Crippen LogP contribution in [0.3, 0.4) is 0 Å². The van der Waals surface area contributed by atoms with Gasteiger partial charge in [-0.2, -0.15) is 5.26 Å². The van der Waals surface area contributed by atoms with Gasteiger partial charge in [-0.25, -0.2) is 4.98 Å². The van der Waals surface area contributed by atoms with Crippen molar-refractivity contribution >= 4 is 22.7 Å². The Labute approximate surface area is 145 Å². The molecule has 0 saturated carbocycles. The summed E-state index contributed by atoms with van der Waals surface area (Å²) in [6.45, 7) is 2.00. The standard InChI is InChI=1S/C19H17N3O3/c1-11-4-5-14-15(6-11)22-19(21-14)13(10-20)7-12-8-16(24-2)18(23)17(9-12)25-3/h4-9,23H,1-3H3,(H,21,22). The zero-order valence-electron chi connectivity index (χ0n) is 14.1. The summed E-state index contributed by atoms with van der Waals surface area (Å²) in [6, 6.07) is 11.3. The molecular weight excluding hydrogens is 318 g/mol. The largest absolute Gasteiger partial charge is 0.502 e. The number of aryl methyl sites for hydroxylation is 1. The first-order chi connectivity index (χ1) is 12.0. The van der Waals surface area contributed by atoms with E-state index in [0.29, 0.717) is 17.0 Å². The molecule has 0 aliphatic rings. The van der Waals surface area contributed by atoms with Crippen molar-refractivity contribution in [3.8, 4) is 23.3 Å². The van der Waals surface area contributed by atoms with Crippen molar-refractivity contribution in [2.45, 2.75) is 6.92 Å². The molecule has 0 aliphatic heterocycles. The summed E-state index contributed by atoms with van der Waals surface area (Å²) in [5.74, 6) is 0.931. The zero-order valence-corrected chi connectivity index (χ0v) is 14.1. The van der Waals surface area contributed by atoms with Gasteiger partial charge in [0.25, 0.3) is 0 Å². The maximum atomic E-state index is 9.99. The number of allylic oxidation sites excluding steroid dienone is 1. The number of nitrogens with zero attached hydrogens (tertiary/aromatic N) is 2. The number of ether oxygens (including phenoxy) is 2. The Morgan fingerprint density at radius 1 is 1.20 bits per heavy atom. The van der Waals surface area contributed by atoms with E-state index in [1.165, 1.54) is 14.2 Å². The number of fused-ring (bicyclic) bond motifs is 1. The van der Waals surface area contributed by atoms with Crippen molar-refractivity contribution in [2.24, 2.45) is 0 Å². The predicted molar refractivity (Wildman–Crippen MR) is 95.5 cm³/mol. The lowest BCUT2D eigenvalue weighted by Crippen LogP contribution is -1.91. The molecule has 1 heterocycles. The summed E-state index contributed by atoms with van der Waals surface area (Å²) < 4.78 is 10.3. The van der Waals surface area contributed by atoms with Crippen molar-refractivity contribution in [1.29, 1.82) is 5.26 Å². The third kappa shape index (κ3) is 3.12. The number of aromatic amines is 1. The van der Waals surface area contributed by atoms with Gasteiger partial charge in [-0.1, -0.05) is 6.07 Å². The molecule has 3 rings (SSSR count). The Kier molecular flexibility index (Phi) is 4.31.